The normalized spacial score (nSPS) is 12.3. The number of rotatable bonds is 9. The zero-order valence-electron chi connectivity index (χ0n) is 20.0. The largest absolute Gasteiger partial charge is 0.493 e. The fourth-order valence-electron chi connectivity index (χ4n) is 3.82. The van der Waals surface area contributed by atoms with Crippen molar-refractivity contribution in [2.45, 2.75) is 33.1 Å². The second-order valence-electron chi connectivity index (χ2n) is 8.98. The maximum Gasteiger partial charge on any atom is 0.225 e. The van der Waals surface area contributed by atoms with Crippen molar-refractivity contribution in [1.29, 1.82) is 0 Å². The van der Waals surface area contributed by atoms with Gasteiger partial charge >= 0.3 is 0 Å². The lowest BCUT2D eigenvalue weighted by molar-refractivity contribution is -0.128. The molecule has 0 saturated heterocycles. The maximum atomic E-state index is 12.6. The minimum Gasteiger partial charge on any atom is -0.493 e. The minimum atomic E-state index is -0.486. The van der Waals surface area contributed by atoms with Gasteiger partial charge in [-0.05, 0) is 17.7 Å². The quantitative estimate of drug-likeness (QED) is 0.459. The van der Waals surface area contributed by atoms with Crippen LogP contribution >= 0.6 is 0 Å². The Hall–Kier alpha value is -3.48. The van der Waals surface area contributed by atoms with Crippen LogP contribution in [0.15, 0.2) is 48.7 Å². The number of carbonyl (C=O) groups excluding carboxylic acids is 2. The van der Waals surface area contributed by atoms with Crippen molar-refractivity contribution in [2.24, 2.45) is 5.41 Å². The molecule has 0 fully saturated rings. The molecule has 0 bridgehead atoms. The van der Waals surface area contributed by atoms with Crippen LogP contribution < -0.4 is 20.1 Å². The van der Waals surface area contributed by atoms with Gasteiger partial charge in [-0.2, -0.15) is 0 Å². The molecule has 0 radical (unpaired) electrons. The number of carbonyl (C=O) groups is 2. The summed E-state index contributed by atoms with van der Waals surface area (Å²) < 4.78 is 11.2. The van der Waals surface area contributed by atoms with E-state index in [0.29, 0.717) is 24.6 Å². The topological polar surface area (TPSA) is 92.5 Å². The van der Waals surface area contributed by atoms with Crippen LogP contribution in [-0.2, 0) is 9.59 Å². The Morgan fingerprint density at radius 3 is 2.42 bits per heavy atom. The molecule has 3 N–H and O–H groups in total. The molecule has 7 heteroatoms. The van der Waals surface area contributed by atoms with Gasteiger partial charge in [-0.25, -0.2) is 0 Å². The van der Waals surface area contributed by atoms with E-state index in [2.05, 4.69) is 21.7 Å². The van der Waals surface area contributed by atoms with Crippen LogP contribution in [0, 0.1) is 5.41 Å². The number of benzene rings is 2. The number of fused-ring (bicyclic) bond motifs is 1. The van der Waals surface area contributed by atoms with E-state index in [0.717, 1.165) is 22.0 Å². The first-order valence-corrected chi connectivity index (χ1v) is 11.1. The van der Waals surface area contributed by atoms with Gasteiger partial charge in [0.25, 0.3) is 0 Å². The van der Waals surface area contributed by atoms with Crippen molar-refractivity contribution >= 4 is 22.7 Å². The monoisotopic (exact) mass is 451 g/mol. The standard InChI is InChI=1S/C26H33N3O4/c1-26(2,3)25(31)27-14-13-23(30)29-16-20(18-10-8-12-22(32-4)24(18)33-5)19-15-28-21-11-7-6-9-17(19)21/h6-12,15,20,28H,13-14,16H2,1-5H3,(H,27,31)(H,29,30). The zero-order valence-corrected chi connectivity index (χ0v) is 20.0. The summed E-state index contributed by atoms with van der Waals surface area (Å²) in [4.78, 5) is 28.0. The lowest BCUT2D eigenvalue weighted by atomic mass is 9.89. The molecule has 0 aliphatic carbocycles. The smallest absolute Gasteiger partial charge is 0.225 e. The number of hydrogen-bond donors (Lipinski definition) is 3. The highest BCUT2D eigenvalue weighted by Crippen LogP contribution is 2.40. The van der Waals surface area contributed by atoms with Gasteiger partial charge in [0.2, 0.25) is 11.8 Å². The molecule has 33 heavy (non-hydrogen) atoms. The maximum absolute atomic E-state index is 12.6. The molecule has 0 saturated carbocycles. The van der Waals surface area contributed by atoms with Crippen LogP contribution in [0.25, 0.3) is 10.9 Å². The van der Waals surface area contributed by atoms with Crippen LogP contribution in [0.4, 0.5) is 0 Å². The summed E-state index contributed by atoms with van der Waals surface area (Å²) in [5.41, 5.74) is 2.51. The Labute approximate surface area is 194 Å². The van der Waals surface area contributed by atoms with Crippen molar-refractivity contribution < 1.29 is 19.1 Å². The number of nitrogens with one attached hydrogen (secondary N) is 3. The van der Waals surface area contributed by atoms with Gasteiger partial charge < -0.3 is 25.1 Å². The average molecular weight is 452 g/mol. The third kappa shape index (κ3) is 5.66. The van der Waals surface area contributed by atoms with Crippen LogP contribution in [-0.4, -0.2) is 44.1 Å². The summed E-state index contributed by atoms with van der Waals surface area (Å²) in [6, 6.07) is 13.8. The van der Waals surface area contributed by atoms with E-state index in [1.807, 2.05) is 63.4 Å². The van der Waals surface area contributed by atoms with Crippen LogP contribution in [0.3, 0.4) is 0 Å². The lowest BCUT2D eigenvalue weighted by Crippen LogP contribution is -2.38. The molecule has 1 atom stereocenters. The second kappa shape index (κ2) is 10.4. The lowest BCUT2D eigenvalue weighted by Gasteiger charge is -2.22. The number of methoxy groups -OCH3 is 2. The molecule has 1 unspecified atom stereocenters. The van der Waals surface area contributed by atoms with Crippen molar-refractivity contribution in [3.05, 3.63) is 59.8 Å². The third-order valence-corrected chi connectivity index (χ3v) is 5.63. The second-order valence-corrected chi connectivity index (χ2v) is 8.98. The van der Waals surface area contributed by atoms with Gasteiger partial charge in [-0.3, -0.25) is 9.59 Å². The summed E-state index contributed by atoms with van der Waals surface area (Å²) >= 11 is 0. The van der Waals surface area contributed by atoms with E-state index in [-0.39, 0.29) is 24.2 Å². The van der Waals surface area contributed by atoms with Crippen molar-refractivity contribution in [3.63, 3.8) is 0 Å². The Morgan fingerprint density at radius 2 is 1.73 bits per heavy atom. The van der Waals surface area contributed by atoms with E-state index in [9.17, 15) is 9.59 Å². The highest BCUT2D eigenvalue weighted by Gasteiger charge is 2.24. The fourth-order valence-corrected chi connectivity index (χ4v) is 3.82. The van der Waals surface area contributed by atoms with Crippen molar-refractivity contribution in [3.8, 4) is 11.5 Å². The van der Waals surface area contributed by atoms with E-state index in [4.69, 9.17) is 9.47 Å². The van der Waals surface area contributed by atoms with Crippen LogP contribution in [0.1, 0.15) is 44.2 Å². The molecule has 0 spiro atoms. The summed E-state index contributed by atoms with van der Waals surface area (Å²) in [6.45, 7) is 6.20. The van der Waals surface area contributed by atoms with Gasteiger partial charge in [-0.15, -0.1) is 0 Å². The summed E-state index contributed by atoms with van der Waals surface area (Å²) in [7, 11) is 3.22. The summed E-state index contributed by atoms with van der Waals surface area (Å²) in [5, 5.41) is 6.93. The first-order chi connectivity index (χ1) is 15.8. The number of aromatic nitrogens is 1. The van der Waals surface area contributed by atoms with E-state index in [1.54, 1.807) is 14.2 Å². The number of para-hydroxylation sites is 2. The van der Waals surface area contributed by atoms with Gasteiger partial charge in [0, 0.05) is 53.5 Å². The zero-order chi connectivity index (χ0) is 24.0. The molecule has 0 aliphatic rings. The van der Waals surface area contributed by atoms with E-state index in [1.165, 1.54) is 0 Å². The Kier molecular flexibility index (Phi) is 7.63. The predicted molar refractivity (Wildman–Crippen MR) is 130 cm³/mol. The van der Waals surface area contributed by atoms with Crippen molar-refractivity contribution in [2.75, 3.05) is 27.3 Å². The molecule has 3 aromatic rings. The van der Waals surface area contributed by atoms with E-state index < -0.39 is 5.41 Å². The predicted octanol–water partition coefficient (Wildman–Crippen LogP) is 3.99. The number of H-pyrrole nitrogens is 1. The molecule has 0 aliphatic heterocycles. The van der Waals surface area contributed by atoms with Gasteiger partial charge in [-0.1, -0.05) is 51.1 Å². The SMILES string of the molecule is COc1cccc(C(CNC(=O)CCNC(=O)C(C)(C)C)c2c[nH]c3ccccc23)c1OC. The molecule has 7 nitrogen and oxygen atoms in total. The number of ether oxygens (including phenoxy) is 2. The van der Waals surface area contributed by atoms with Crippen LogP contribution in [0.2, 0.25) is 0 Å². The molecule has 2 aromatic carbocycles. The molecular weight excluding hydrogens is 418 g/mol. The minimum absolute atomic E-state index is 0.0758. The van der Waals surface area contributed by atoms with Gasteiger partial charge in [0.15, 0.2) is 11.5 Å². The molecule has 3 rings (SSSR count). The van der Waals surface area contributed by atoms with Gasteiger partial charge in [0.05, 0.1) is 14.2 Å². The fraction of sp³-hybridized carbons (Fsp3) is 0.385. The highest BCUT2D eigenvalue weighted by molar-refractivity contribution is 5.85. The van der Waals surface area contributed by atoms with Gasteiger partial charge in [0.1, 0.15) is 0 Å². The number of aromatic amines is 1. The Bertz CT molecular complexity index is 1110. The Balaban J connectivity index is 1.82. The first kappa shape index (κ1) is 24.2. The Morgan fingerprint density at radius 1 is 0.970 bits per heavy atom. The summed E-state index contributed by atoms with van der Waals surface area (Å²) in [5.74, 6) is 0.904. The first-order valence-electron chi connectivity index (χ1n) is 11.1. The molecule has 1 aromatic heterocycles. The molecule has 176 valence electrons. The van der Waals surface area contributed by atoms with Crippen LogP contribution in [0.5, 0.6) is 11.5 Å². The third-order valence-electron chi connectivity index (χ3n) is 5.63. The molecule has 1 heterocycles. The average Bonchev–Trinajstić information content (AvgIpc) is 3.22. The molecular formula is C26H33N3O4. The highest BCUT2D eigenvalue weighted by atomic mass is 16.5. The van der Waals surface area contributed by atoms with E-state index >= 15 is 0 Å². The molecule has 2 amide bonds. The number of hydrogen-bond acceptors (Lipinski definition) is 4. The summed E-state index contributed by atoms with van der Waals surface area (Å²) in [6.07, 6.45) is 2.18. The number of amides is 2. The van der Waals surface area contributed by atoms with Crippen molar-refractivity contribution in [1.82, 2.24) is 15.6 Å².